The van der Waals surface area contributed by atoms with Crippen LogP contribution in [-0.2, 0) is 14.6 Å². The van der Waals surface area contributed by atoms with Gasteiger partial charge in [0.15, 0.2) is 9.84 Å². The predicted octanol–water partition coefficient (Wildman–Crippen LogP) is 2.42. The standard InChI is InChI=1S/C16H17ClN2O4S/c1-24(21,22)15-8-4-13(5-9-15)19(18)16(20)10-11-23-14-6-2-12(17)3-7-14/h2-9H,10-11,18H2,1H3. The molecule has 0 aromatic heterocycles. The molecule has 2 rings (SSSR count). The first kappa shape index (κ1) is 18.3. The summed E-state index contributed by atoms with van der Waals surface area (Å²) in [6.07, 6.45) is 1.19. The van der Waals surface area contributed by atoms with Crippen LogP contribution in [0.1, 0.15) is 6.42 Å². The highest BCUT2D eigenvalue weighted by atomic mass is 35.5. The number of carbonyl (C=O) groups excluding carboxylic acids is 1. The van der Waals surface area contributed by atoms with E-state index in [1.54, 1.807) is 24.3 Å². The van der Waals surface area contributed by atoms with Crippen LogP contribution in [0.2, 0.25) is 5.02 Å². The minimum absolute atomic E-state index is 0.0763. The van der Waals surface area contributed by atoms with E-state index in [4.69, 9.17) is 22.2 Å². The van der Waals surface area contributed by atoms with Gasteiger partial charge in [0.05, 0.1) is 23.6 Å². The molecule has 128 valence electrons. The van der Waals surface area contributed by atoms with E-state index >= 15 is 0 Å². The molecule has 0 saturated carbocycles. The topological polar surface area (TPSA) is 89.7 Å². The molecule has 6 nitrogen and oxygen atoms in total. The first-order chi connectivity index (χ1) is 11.3. The summed E-state index contributed by atoms with van der Waals surface area (Å²) in [4.78, 5) is 12.2. The smallest absolute Gasteiger partial charge is 0.244 e. The lowest BCUT2D eigenvalue weighted by Crippen LogP contribution is -2.38. The Balaban J connectivity index is 1.90. The van der Waals surface area contributed by atoms with Crippen LogP contribution >= 0.6 is 11.6 Å². The Morgan fingerprint density at radius 3 is 2.25 bits per heavy atom. The van der Waals surface area contributed by atoms with Crippen molar-refractivity contribution in [2.24, 2.45) is 5.84 Å². The average Bonchev–Trinajstić information content (AvgIpc) is 2.55. The van der Waals surface area contributed by atoms with Crippen LogP contribution in [0.4, 0.5) is 5.69 Å². The molecule has 0 unspecified atom stereocenters. The fourth-order valence-corrected chi connectivity index (χ4v) is 2.66. The highest BCUT2D eigenvalue weighted by Gasteiger charge is 2.13. The second-order valence-electron chi connectivity index (χ2n) is 5.08. The number of sulfone groups is 1. The number of hydrogen-bond acceptors (Lipinski definition) is 5. The van der Waals surface area contributed by atoms with Crippen LogP contribution in [0.5, 0.6) is 5.75 Å². The maximum absolute atomic E-state index is 12.1. The third-order valence-electron chi connectivity index (χ3n) is 3.21. The predicted molar refractivity (Wildman–Crippen MR) is 92.8 cm³/mol. The molecule has 2 aromatic rings. The Labute approximate surface area is 145 Å². The van der Waals surface area contributed by atoms with Crippen molar-refractivity contribution in [1.29, 1.82) is 0 Å². The SMILES string of the molecule is CS(=O)(=O)c1ccc(N(N)C(=O)CCOc2ccc(Cl)cc2)cc1. The van der Waals surface area contributed by atoms with Crippen molar-refractivity contribution >= 4 is 33.0 Å². The number of ether oxygens (including phenoxy) is 1. The van der Waals surface area contributed by atoms with Gasteiger partial charge < -0.3 is 4.74 Å². The van der Waals surface area contributed by atoms with Crippen molar-refractivity contribution in [1.82, 2.24) is 0 Å². The first-order valence-electron chi connectivity index (χ1n) is 7.03. The first-order valence-corrected chi connectivity index (χ1v) is 9.30. The molecule has 0 heterocycles. The van der Waals surface area contributed by atoms with E-state index in [0.717, 1.165) is 11.3 Å². The van der Waals surface area contributed by atoms with E-state index in [0.29, 0.717) is 16.5 Å². The highest BCUT2D eigenvalue weighted by Crippen LogP contribution is 2.18. The summed E-state index contributed by atoms with van der Waals surface area (Å²) in [5.41, 5.74) is 0.402. The van der Waals surface area contributed by atoms with Gasteiger partial charge in [0.1, 0.15) is 5.75 Å². The van der Waals surface area contributed by atoms with Gasteiger partial charge in [-0.25, -0.2) is 19.3 Å². The van der Waals surface area contributed by atoms with E-state index in [2.05, 4.69) is 0 Å². The largest absolute Gasteiger partial charge is 0.493 e. The van der Waals surface area contributed by atoms with Gasteiger partial charge >= 0.3 is 0 Å². The third kappa shape index (κ3) is 4.95. The average molecular weight is 369 g/mol. The molecule has 0 aliphatic heterocycles. The number of carbonyl (C=O) groups is 1. The monoisotopic (exact) mass is 368 g/mol. The van der Waals surface area contributed by atoms with Gasteiger partial charge in [-0.2, -0.15) is 0 Å². The van der Waals surface area contributed by atoms with Crippen molar-refractivity contribution in [2.75, 3.05) is 17.9 Å². The zero-order chi connectivity index (χ0) is 17.7. The number of halogens is 1. The van der Waals surface area contributed by atoms with Crippen molar-refractivity contribution < 1.29 is 17.9 Å². The molecule has 0 fully saturated rings. The second kappa shape index (κ2) is 7.65. The number of nitrogens with zero attached hydrogens (tertiary/aromatic N) is 1. The van der Waals surface area contributed by atoms with Gasteiger partial charge in [-0.15, -0.1) is 0 Å². The minimum atomic E-state index is -3.29. The molecule has 0 radical (unpaired) electrons. The number of amides is 1. The second-order valence-corrected chi connectivity index (χ2v) is 7.53. The highest BCUT2D eigenvalue weighted by molar-refractivity contribution is 7.90. The van der Waals surface area contributed by atoms with Crippen LogP contribution < -0.4 is 15.6 Å². The van der Waals surface area contributed by atoms with Gasteiger partial charge in [-0.05, 0) is 48.5 Å². The van der Waals surface area contributed by atoms with Gasteiger partial charge in [0.25, 0.3) is 0 Å². The van der Waals surface area contributed by atoms with Crippen LogP contribution in [0.15, 0.2) is 53.4 Å². The molecule has 2 N–H and O–H groups in total. The molecular formula is C16H17ClN2O4S. The molecule has 24 heavy (non-hydrogen) atoms. The Bertz CT molecular complexity index is 805. The van der Waals surface area contributed by atoms with E-state index in [-0.39, 0.29) is 23.8 Å². The molecule has 1 amide bonds. The van der Waals surface area contributed by atoms with Gasteiger partial charge in [0, 0.05) is 11.3 Å². The number of nitrogens with two attached hydrogens (primary N) is 1. The zero-order valence-corrected chi connectivity index (χ0v) is 14.5. The quantitative estimate of drug-likeness (QED) is 0.480. The molecule has 0 spiro atoms. The van der Waals surface area contributed by atoms with E-state index in [9.17, 15) is 13.2 Å². The summed E-state index contributed by atoms with van der Waals surface area (Å²) in [5, 5.41) is 1.57. The third-order valence-corrected chi connectivity index (χ3v) is 4.59. The molecular weight excluding hydrogens is 352 g/mol. The molecule has 0 atom stereocenters. The van der Waals surface area contributed by atoms with Crippen LogP contribution in [0.25, 0.3) is 0 Å². The Morgan fingerprint density at radius 2 is 1.71 bits per heavy atom. The minimum Gasteiger partial charge on any atom is -0.493 e. The van der Waals surface area contributed by atoms with Crippen molar-refractivity contribution in [2.45, 2.75) is 11.3 Å². The fraction of sp³-hybridized carbons (Fsp3) is 0.188. The molecule has 2 aromatic carbocycles. The molecule has 0 bridgehead atoms. The molecule has 0 aliphatic rings. The summed E-state index contributed by atoms with van der Waals surface area (Å²) >= 11 is 5.77. The lowest BCUT2D eigenvalue weighted by atomic mass is 10.3. The Morgan fingerprint density at radius 1 is 1.12 bits per heavy atom. The summed E-state index contributed by atoms with van der Waals surface area (Å²) < 4.78 is 28.3. The van der Waals surface area contributed by atoms with Crippen LogP contribution in [0, 0.1) is 0 Å². The number of hydrogen-bond donors (Lipinski definition) is 1. The Hall–Kier alpha value is -2.09. The van der Waals surface area contributed by atoms with E-state index in [1.807, 2.05) is 0 Å². The van der Waals surface area contributed by atoms with Gasteiger partial charge in [-0.3, -0.25) is 4.79 Å². The summed E-state index contributed by atoms with van der Waals surface area (Å²) in [6, 6.07) is 12.6. The lowest BCUT2D eigenvalue weighted by molar-refractivity contribution is -0.119. The normalized spacial score (nSPS) is 11.1. The maximum Gasteiger partial charge on any atom is 0.244 e. The number of benzene rings is 2. The van der Waals surface area contributed by atoms with Crippen LogP contribution in [0.3, 0.4) is 0 Å². The van der Waals surface area contributed by atoms with Gasteiger partial charge in [-0.1, -0.05) is 11.6 Å². The van der Waals surface area contributed by atoms with Crippen molar-refractivity contribution in [3.05, 3.63) is 53.6 Å². The maximum atomic E-state index is 12.1. The van der Waals surface area contributed by atoms with Crippen LogP contribution in [-0.4, -0.2) is 27.2 Å². The molecule has 8 heteroatoms. The van der Waals surface area contributed by atoms with E-state index < -0.39 is 9.84 Å². The van der Waals surface area contributed by atoms with Crippen molar-refractivity contribution in [3.63, 3.8) is 0 Å². The summed E-state index contributed by atoms with van der Waals surface area (Å²) in [5.74, 6) is 6.01. The number of rotatable bonds is 6. The number of anilines is 1. The van der Waals surface area contributed by atoms with Gasteiger partial charge in [0.2, 0.25) is 5.91 Å². The number of hydrazine groups is 1. The lowest BCUT2D eigenvalue weighted by Gasteiger charge is -2.17. The molecule has 0 saturated heterocycles. The van der Waals surface area contributed by atoms with E-state index in [1.165, 1.54) is 24.3 Å². The zero-order valence-electron chi connectivity index (χ0n) is 13.0. The summed E-state index contributed by atoms with van der Waals surface area (Å²) in [7, 11) is -3.29. The van der Waals surface area contributed by atoms with Crippen molar-refractivity contribution in [3.8, 4) is 5.75 Å². The fourth-order valence-electron chi connectivity index (χ4n) is 1.91. The summed E-state index contributed by atoms with van der Waals surface area (Å²) in [6.45, 7) is 0.162. The Kier molecular flexibility index (Phi) is 5.82. The molecule has 0 aliphatic carbocycles.